The first-order valence-corrected chi connectivity index (χ1v) is 7.28. The number of hydrogen-bond acceptors (Lipinski definition) is 4. The van der Waals surface area contributed by atoms with Crippen molar-refractivity contribution in [1.82, 2.24) is 10.2 Å². The van der Waals surface area contributed by atoms with Gasteiger partial charge in [0.15, 0.2) is 0 Å². The van der Waals surface area contributed by atoms with Gasteiger partial charge >= 0.3 is 5.97 Å². The van der Waals surface area contributed by atoms with Crippen LogP contribution in [0.2, 0.25) is 0 Å². The van der Waals surface area contributed by atoms with Crippen molar-refractivity contribution < 1.29 is 19.1 Å². The number of carboxylic acid groups (broad SMARTS) is 1. The molecule has 116 valence electrons. The predicted octanol–water partition coefficient (Wildman–Crippen LogP) is 1.33. The van der Waals surface area contributed by atoms with Crippen LogP contribution in [0, 0.1) is 11.8 Å². The standard InChI is InChI=1S/C15H22N2O4/c1-17(10-12-5-3-7-21-12)14(18)9-16-8-11-4-2-6-13(11)15(19)20/h3,5,7,11,13,16H,2,4,6,8-10H2,1H3,(H,19,20). The summed E-state index contributed by atoms with van der Waals surface area (Å²) < 4.78 is 5.20. The molecule has 2 atom stereocenters. The molecule has 1 amide bonds. The zero-order valence-electron chi connectivity index (χ0n) is 12.2. The second kappa shape index (κ2) is 7.26. The lowest BCUT2D eigenvalue weighted by Gasteiger charge is -2.19. The highest BCUT2D eigenvalue weighted by atomic mass is 16.4. The highest BCUT2D eigenvalue weighted by molar-refractivity contribution is 5.77. The van der Waals surface area contributed by atoms with E-state index in [1.165, 1.54) is 0 Å². The van der Waals surface area contributed by atoms with E-state index >= 15 is 0 Å². The third kappa shape index (κ3) is 4.32. The fourth-order valence-electron chi connectivity index (χ4n) is 2.83. The van der Waals surface area contributed by atoms with E-state index in [0.29, 0.717) is 13.1 Å². The molecule has 21 heavy (non-hydrogen) atoms. The number of amides is 1. The molecule has 2 unspecified atom stereocenters. The summed E-state index contributed by atoms with van der Waals surface area (Å²) in [4.78, 5) is 24.6. The van der Waals surface area contributed by atoms with Gasteiger partial charge in [0.05, 0.1) is 25.3 Å². The zero-order chi connectivity index (χ0) is 15.2. The molecule has 1 aromatic heterocycles. The molecule has 0 aliphatic heterocycles. The second-order valence-electron chi connectivity index (χ2n) is 5.60. The smallest absolute Gasteiger partial charge is 0.306 e. The minimum absolute atomic E-state index is 0.0312. The van der Waals surface area contributed by atoms with Crippen molar-refractivity contribution in [3.05, 3.63) is 24.2 Å². The zero-order valence-corrected chi connectivity index (χ0v) is 12.2. The van der Waals surface area contributed by atoms with E-state index in [9.17, 15) is 9.59 Å². The topological polar surface area (TPSA) is 82.8 Å². The molecule has 6 heteroatoms. The summed E-state index contributed by atoms with van der Waals surface area (Å²) in [7, 11) is 1.72. The Morgan fingerprint density at radius 1 is 1.48 bits per heavy atom. The summed E-state index contributed by atoms with van der Waals surface area (Å²) in [5.41, 5.74) is 0. The first-order chi connectivity index (χ1) is 10.1. The van der Waals surface area contributed by atoms with Crippen LogP contribution in [0.25, 0.3) is 0 Å². The molecule has 1 aromatic rings. The van der Waals surface area contributed by atoms with Crippen LogP contribution in [-0.4, -0.2) is 42.0 Å². The van der Waals surface area contributed by atoms with Crippen LogP contribution in [-0.2, 0) is 16.1 Å². The monoisotopic (exact) mass is 294 g/mol. The molecular weight excluding hydrogens is 272 g/mol. The molecule has 6 nitrogen and oxygen atoms in total. The van der Waals surface area contributed by atoms with E-state index < -0.39 is 5.97 Å². The molecule has 1 aliphatic rings. The summed E-state index contributed by atoms with van der Waals surface area (Å²) in [6, 6.07) is 3.62. The first-order valence-electron chi connectivity index (χ1n) is 7.28. The number of nitrogens with one attached hydrogen (secondary N) is 1. The van der Waals surface area contributed by atoms with Crippen molar-refractivity contribution in [2.75, 3.05) is 20.1 Å². The average molecular weight is 294 g/mol. The van der Waals surface area contributed by atoms with Crippen LogP contribution < -0.4 is 5.32 Å². The van der Waals surface area contributed by atoms with Crippen molar-refractivity contribution in [2.45, 2.75) is 25.8 Å². The number of carboxylic acids is 1. The van der Waals surface area contributed by atoms with E-state index in [-0.39, 0.29) is 24.3 Å². The summed E-state index contributed by atoms with van der Waals surface area (Å²) in [6.45, 7) is 1.24. The number of nitrogens with zero attached hydrogens (tertiary/aromatic N) is 1. The lowest BCUT2D eigenvalue weighted by atomic mass is 9.96. The van der Waals surface area contributed by atoms with Crippen molar-refractivity contribution in [3.8, 4) is 0 Å². The number of rotatable bonds is 7. The fourth-order valence-corrected chi connectivity index (χ4v) is 2.83. The molecule has 2 N–H and O–H groups in total. The summed E-state index contributed by atoms with van der Waals surface area (Å²) in [5.74, 6) is -0.149. The van der Waals surface area contributed by atoms with Crippen LogP contribution in [0.3, 0.4) is 0 Å². The molecule has 0 bridgehead atoms. The van der Waals surface area contributed by atoms with E-state index in [2.05, 4.69) is 5.32 Å². The number of aliphatic carboxylic acids is 1. The minimum Gasteiger partial charge on any atom is -0.481 e. The molecule has 0 radical (unpaired) electrons. The van der Waals surface area contributed by atoms with Gasteiger partial charge in [0, 0.05) is 7.05 Å². The van der Waals surface area contributed by atoms with Gasteiger partial charge in [0.25, 0.3) is 0 Å². The average Bonchev–Trinajstić information content (AvgIpc) is 3.09. The maximum Gasteiger partial charge on any atom is 0.306 e. The predicted molar refractivity (Wildman–Crippen MR) is 76.5 cm³/mol. The molecule has 0 aromatic carbocycles. The Labute approximate surface area is 124 Å². The highest BCUT2D eigenvalue weighted by Crippen LogP contribution is 2.31. The Kier molecular flexibility index (Phi) is 5.38. The number of likely N-dealkylation sites (N-methyl/N-ethyl adjacent to an activating group) is 1. The quantitative estimate of drug-likeness (QED) is 0.792. The molecule has 1 aliphatic carbocycles. The number of carbonyl (C=O) groups excluding carboxylic acids is 1. The summed E-state index contributed by atoms with van der Waals surface area (Å²) in [5, 5.41) is 12.2. The SMILES string of the molecule is CN(Cc1ccco1)C(=O)CNCC1CCCC1C(=O)O. The molecule has 1 fully saturated rings. The Balaban J connectivity index is 1.70. The highest BCUT2D eigenvalue weighted by Gasteiger charge is 2.32. The van der Waals surface area contributed by atoms with Gasteiger partial charge in [-0.3, -0.25) is 9.59 Å². The lowest BCUT2D eigenvalue weighted by molar-refractivity contribution is -0.142. The van der Waals surface area contributed by atoms with Gasteiger partial charge in [-0.1, -0.05) is 6.42 Å². The number of hydrogen-bond donors (Lipinski definition) is 2. The van der Waals surface area contributed by atoms with E-state index in [4.69, 9.17) is 9.52 Å². The fraction of sp³-hybridized carbons (Fsp3) is 0.600. The van der Waals surface area contributed by atoms with Gasteiger partial charge in [0.2, 0.25) is 5.91 Å². The third-order valence-electron chi connectivity index (χ3n) is 4.06. The van der Waals surface area contributed by atoms with Crippen LogP contribution >= 0.6 is 0 Å². The largest absolute Gasteiger partial charge is 0.481 e. The van der Waals surface area contributed by atoms with E-state index in [1.807, 2.05) is 6.07 Å². The normalized spacial score (nSPS) is 21.4. The van der Waals surface area contributed by atoms with Gasteiger partial charge < -0.3 is 19.7 Å². The van der Waals surface area contributed by atoms with Crippen molar-refractivity contribution in [1.29, 1.82) is 0 Å². The summed E-state index contributed by atoms with van der Waals surface area (Å²) in [6.07, 6.45) is 4.20. The lowest BCUT2D eigenvalue weighted by Crippen LogP contribution is -2.38. The maximum atomic E-state index is 12.0. The van der Waals surface area contributed by atoms with Crippen molar-refractivity contribution >= 4 is 11.9 Å². The van der Waals surface area contributed by atoms with Gasteiger partial charge in [-0.2, -0.15) is 0 Å². The molecular formula is C15H22N2O4. The molecule has 1 heterocycles. The first kappa shape index (κ1) is 15.6. The van der Waals surface area contributed by atoms with Gasteiger partial charge in [-0.05, 0) is 37.4 Å². The Morgan fingerprint density at radius 3 is 2.95 bits per heavy atom. The van der Waals surface area contributed by atoms with Gasteiger partial charge in [-0.25, -0.2) is 0 Å². The molecule has 0 saturated heterocycles. The third-order valence-corrected chi connectivity index (χ3v) is 4.06. The van der Waals surface area contributed by atoms with E-state index in [0.717, 1.165) is 25.0 Å². The molecule has 1 saturated carbocycles. The summed E-state index contributed by atoms with van der Waals surface area (Å²) >= 11 is 0. The van der Waals surface area contributed by atoms with Gasteiger partial charge in [-0.15, -0.1) is 0 Å². The Morgan fingerprint density at radius 2 is 2.29 bits per heavy atom. The number of furan rings is 1. The number of carbonyl (C=O) groups is 2. The van der Waals surface area contributed by atoms with Gasteiger partial charge in [0.1, 0.15) is 5.76 Å². The van der Waals surface area contributed by atoms with Crippen LogP contribution in [0.1, 0.15) is 25.0 Å². The maximum absolute atomic E-state index is 12.0. The van der Waals surface area contributed by atoms with Crippen LogP contribution in [0.4, 0.5) is 0 Å². The van der Waals surface area contributed by atoms with Crippen LogP contribution in [0.15, 0.2) is 22.8 Å². The van der Waals surface area contributed by atoms with Crippen molar-refractivity contribution in [2.24, 2.45) is 11.8 Å². The van der Waals surface area contributed by atoms with Crippen molar-refractivity contribution in [3.63, 3.8) is 0 Å². The molecule has 0 spiro atoms. The second-order valence-corrected chi connectivity index (χ2v) is 5.60. The minimum atomic E-state index is -0.722. The Hall–Kier alpha value is -1.82. The Bertz CT molecular complexity index is 472. The van der Waals surface area contributed by atoms with Crippen LogP contribution in [0.5, 0.6) is 0 Å². The molecule has 2 rings (SSSR count). The van der Waals surface area contributed by atoms with E-state index in [1.54, 1.807) is 24.3 Å².